The Balaban J connectivity index is 1.69. The topological polar surface area (TPSA) is 101 Å². The second kappa shape index (κ2) is 6.94. The van der Waals surface area contributed by atoms with Crippen molar-refractivity contribution < 1.29 is 9.72 Å². The second-order valence-corrected chi connectivity index (χ2v) is 6.95. The summed E-state index contributed by atoms with van der Waals surface area (Å²) in [6.45, 7) is 3.76. The average molecular weight is 356 g/mol. The number of aryl methyl sites for hydroxylation is 1. The van der Waals surface area contributed by atoms with Crippen molar-refractivity contribution in [1.82, 2.24) is 9.97 Å². The minimum atomic E-state index is -0.496. The van der Waals surface area contributed by atoms with E-state index in [2.05, 4.69) is 15.3 Å². The van der Waals surface area contributed by atoms with Gasteiger partial charge < -0.3 is 10.3 Å². The number of benzene rings is 2. The molecule has 0 fully saturated rings. The number of hydrogen-bond acceptors (Lipinski definition) is 5. The lowest BCUT2D eigenvalue weighted by atomic mass is 10.2. The number of amides is 1. The SMILES string of the molecule is Cc1ccc2nc(S[C@H](C)C(=O)Nc3cccc([N+](=O)[O-])c3)[nH]c2c1. The third kappa shape index (κ3) is 3.97. The van der Waals surface area contributed by atoms with Gasteiger partial charge in [-0.1, -0.05) is 23.9 Å². The summed E-state index contributed by atoms with van der Waals surface area (Å²) in [6.07, 6.45) is 0. The van der Waals surface area contributed by atoms with Crippen LogP contribution in [0.5, 0.6) is 0 Å². The maximum absolute atomic E-state index is 12.3. The monoisotopic (exact) mass is 356 g/mol. The summed E-state index contributed by atoms with van der Waals surface area (Å²) in [6, 6.07) is 11.8. The fourth-order valence-corrected chi connectivity index (χ4v) is 3.14. The summed E-state index contributed by atoms with van der Waals surface area (Å²) < 4.78 is 0. The van der Waals surface area contributed by atoms with Crippen LogP contribution >= 0.6 is 11.8 Å². The van der Waals surface area contributed by atoms with E-state index in [1.54, 1.807) is 13.0 Å². The van der Waals surface area contributed by atoms with E-state index in [4.69, 9.17) is 0 Å². The molecular formula is C17H16N4O3S. The molecule has 3 rings (SSSR count). The van der Waals surface area contributed by atoms with Crippen LogP contribution in [-0.2, 0) is 4.79 Å². The Labute approximate surface area is 148 Å². The zero-order chi connectivity index (χ0) is 18.0. The van der Waals surface area contributed by atoms with Gasteiger partial charge in [0.2, 0.25) is 5.91 Å². The molecule has 0 aliphatic rings. The second-order valence-electron chi connectivity index (χ2n) is 5.62. The molecular weight excluding hydrogens is 340 g/mol. The number of fused-ring (bicyclic) bond motifs is 1. The molecule has 0 bridgehead atoms. The Morgan fingerprint density at radius 2 is 2.12 bits per heavy atom. The summed E-state index contributed by atoms with van der Waals surface area (Å²) in [5.41, 5.74) is 3.23. The van der Waals surface area contributed by atoms with Crippen molar-refractivity contribution in [2.24, 2.45) is 0 Å². The predicted octanol–water partition coefficient (Wildman–Crippen LogP) is 3.90. The Morgan fingerprint density at radius 3 is 2.88 bits per heavy atom. The van der Waals surface area contributed by atoms with E-state index in [-0.39, 0.29) is 11.6 Å². The quantitative estimate of drug-likeness (QED) is 0.410. The van der Waals surface area contributed by atoms with Crippen LogP contribution in [0.25, 0.3) is 11.0 Å². The molecule has 25 heavy (non-hydrogen) atoms. The summed E-state index contributed by atoms with van der Waals surface area (Å²) in [5.74, 6) is -0.248. The molecule has 3 aromatic rings. The van der Waals surface area contributed by atoms with Gasteiger partial charge in [0.1, 0.15) is 0 Å². The molecule has 0 aliphatic heterocycles. The van der Waals surface area contributed by atoms with Crippen LogP contribution in [0.1, 0.15) is 12.5 Å². The highest BCUT2D eigenvalue weighted by molar-refractivity contribution is 8.00. The summed E-state index contributed by atoms with van der Waals surface area (Å²) in [5, 5.41) is 13.7. The predicted molar refractivity (Wildman–Crippen MR) is 97.9 cm³/mol. The molecule has 1 aromatic heterocycles. The van der Waals surface area contributed by atoms with Crippen molar-refractivity contribution >= 4 is 40.1 Å². The van der Waals surface area contributed by atoms with E-state index in [1.165, 1.54) is 30.0 Å². The smallest absolute Gasteiger partial charge is 0.271 e. The number of nitrogens with one attached hydrogen (secondary N) is 2. The van der Waals surface area contributed by atoms with Gasteiger partial charge in [-0.3, -0.25) is 14.9 Å². The largest absolute Gasteiger partial charge is 0.333 e. The molecule has 1 heterocycles. The maximum atomic E-state index is 12.3. The van der Waals surface area contributed by atoms with Crippen molar-refractivity contribution in [3.63, 3.8) is 0 Å². The first-order chi connectivity index (χ1) is 11.9. The van der Waals surface area contributed by atoms with Gasteiger partial charge in [-0.15, -0.1) is 0 Å². The third-order valence-electron chi connectivity index (χ3n) is 3.60. The number of aromatic amines is 1. The molecule has 1 atom stereocenters. The van der Waals surface area contributed by atoms with E-state index in [9.17, 15) is 14.9 Å². The first kappa shape index (κ1) is 17.0. The number of nitrogens with zero attached hydrogens (tertiary/aromatic N) is 2. The molecule has 2 N–H and O–H groups in total. The first-order valence-electron chi connectivity index (χ1n) is 7.61. The number of carbonyl (C=O) groups is 1. The van der Waals surface area contributed by atoms with Crippen molar-refractivity contribution in [2.75, 3.05) is 5.32 Å². The molecule has 8 heteroatoms. The number of thioether (sulfide) groups is 1. The molecule has 2 aromatic carbocycles. The van der Waals surface area contributed by atoms with E-state index in [0.717, 1.165) is 16.6 Å². The zero-order valence-corrected chi connectivity index (χ0v) is 14.5. The van der Waals surface area contributed by atoms with E-state index < -0.39 is 10.2 Å². The molecule has 0 saturated carbocycles. The lowest BCUT2D eigenvalue weighted by Gasteiger charge is -2.10. The highest BCUT2D eigenvalue weighted by Gasteiger charge is 2.17. The number of carbonyl (C=O) groups excluding carboxylic acids is 1. The third-order valence-corrected chi connectivity index (χ3v) is 4.58. The summed E-state index contributed by atoms with van der Waals surface area (Å²) >= 11 is 1.30. The molecule has 1 amide bonds. The lowest BCUT2D eigenvalue weighted by molar-refractivity contribution is -0.384. The Hall–Kier alpha value is -2.87. The van der Waals surface area contributed by atoms with Gasteiger partial charge >= 0.3 is 0 Å². The van der Waals surface area contributed by atoms with Gasteiger partial charge in [0.05, 0.1) is 21.2 Å². The number of H-pyrrole nitrogens is 1. The Bertz CT molecular complexity index is 954. The van der Waals surface area contributed by atoms with Crippen molar-refractivity contribution in [3.05, 3.63) is 58.1 Å². The number of rotatable bonds is 5. The normalized spacial score (nSPS) is 12.1. The van der Waals surface area contributed by atoms with Crippen molar-refractivity contribution in [1.29, 1.82) is 0 Å². The maximum Gasteiger partial charge on any atom is 0.271 e. The van der Waals surface area contributed by atoms with E-state index >= 15 is 0 Å². The molecule has 7 nitrogen and oxygen atoms in total. The minimum absolute atomic E-state index is 0.0641. The average Bonchev–Trinajstić information content (AvgIpc) is 2.96. The number of imidazole rings is 1. The molecule has 0 radical (unpaired) electrons. The van der Waals surface area contributed by atoms with Gasteiger partial charge in [-0.05, 0) is 37.6 Å². The lowest BCUT2D eigenvalue weighted by Crippen LogP contribution is -2.22. The van der Waals surface area contributed by atoms with Crippen molar-refractivity contribution in [3.8, 4) is 0 Å². The van der Waals surface area contributed by atoms with Gasteiger partial charge in [0, 0.05) is 17.8 Å². The van der Waals surface area contributed by atoms with Gasteiger partial charge in [-0.25, -0.2) is 4.98 Å². The zero-order valence-electron chi connectivity index (χ0n) is 13.6. The van der Waals surface area contributed by atoms with Gasteiger partial charge in [0.15, 0.2) is 5.16 Å². The van der Waals surface area contributed by atoms with Gasteiger partial charge in [0.25, 0.3) is 5.69 Å². The van der Waals surface area contributed by atoms with Crippen molar-refractivity contribution in [2.45, 2.75) is 24.3 Å². The molecule has 0 aliphatic carbocycles. The van der Waals surface area contributed by atoms with Crippen LogP contribution < -0.4 is 5.32 Å². The highest BCUT2D eigenvalue weighted by Crippen LogP contribution is 2.25. The first-order valence-corrected chi connectivity index (χ1v) is 8.48. The number of non-ortho nitro benzene ring substituents is 1. The standard InChI is InChI=1S/C17H16N4O3S/c1-10-6-7-14-15(8-10)20-17(19-14)25-11(2)16(22)18-12-4-3-5-13(9-12)21(23)24/h3-9,11H,1-2H3,(H,18,22)(H,19,20)/t11-/m1/s1. The van der Waals surface area contributed by atoms with E-state index in [0.29, 0.717) is 10.8 Å². The van der Waals surface area contributed by atoms with Crippen LogP contribution in [0, 0.1) is 17.0 Å². The molecule has 128 valence electrons. The summed E-state index contributed by atoms with van der Waals surface area (Å²) in [7, 11) is 0. The van der Waals surface area contributed by atoms with Crippen LogP contribution in [0.15, 0.2) is 47.6 Å². The number of nitro groups is 1. The number of anilines is 1. The Kier molecular flexibility index (Phi) is 4.71. The number of aromatic nitrogens is 2. The van der Waals surface area contributed by atoms with E-state index in [1.807, 2.05) is 25.1 Å². The Morgan fingerprint density at radius 1 is 1.32 bits per heavy atom. The molecule has 0 saturated heterocycles. The van der Waals surface area contributed by atoms with Crippen LogP contribution in [0.3, 0.4) is 0 Å². The fourth-order valence-electron chi connectivity index (χ4n) is 2.32. The molecule has 0 unspecified atom stereocenters. The van der Waals surface area contributed by atoms with Crippen LogP contribution in [0.4, 0.5) is 11.4 Å². The fraction of sp³-hybridized carbons (Fsp3) is 0.176. The van der Waals surface area contributed by atoms with Gasteiger partial charge in [-0.2, -0.15) is 0 Å². The number of hydrogen-bond donors (Lipinski definition) is 2. The molecule has 0 spiro atoms. The summed E-state index contributed by atoms with van der Waals surface area (Å²) in [4.78, 5) is 30.3. The van der Waals surface area contributed by atoms with Crippen LogP contribution in [-0.4, -0.2) is 26.0 Å². The highest BCUT2D eigenvalue weighted by atomic mass is 32.2. The van der Waals surface area contributed by atoms with Crippen LogP contribution in [0.2, 0.25) is 0 Å². The number of nitro benzene ring substituents is 1. The minimum Gasteiger partial charge on any atom is -0.333 e.